The molecule has 1 aromatic carbocycles. The molecular formula is C15H18N2O2. The van der Waals surface area contributed by atoms with E-state index in [9.17, 15) is 9.59 Å². The lowest BCUT2D eigenvalue weighted by molar-refractivity contribution is -0.126. The molecule has 0 spiro atoms. The summed E-state index contributed by atoms with van der Waals surface area (Å²) in [4.78, 5) is 23.2. The third-order valence-corrected chi connectivity index (χ3v) is 2.60. The van der Waals surface area contributed by atoms with E-state index in [1.54, 1.807) is 24.3 Å². The van der Waals surface area contributed by atoms with Crippen molar-refractivity contribution in [3.63, 3.8) is 0 Å². The summed E-state index contributed by atoms with van der Waals surface area (Å²) in [5.74, 6) is 2.02. The lowest BCUT2D eigenvalue weighted by Gasteiger charge is -2.20. The Morgan fingerprint density at radius 2 is 2.00 bits per heavy atom. The van der Waals surface area contributed by atoms with Gasteiger partial charge in [-0.1, -0.05) is 25.8 Å². The van der Waals surface area contributed by atoms with E-state index >= 15 is 0 Å². The highest BCUT2D eigenvalue weighted by molar-refractivity contribution is 5.97. The molecule has 0 radical (unpaired) electrons. The fraction of sp³-hybridized carbons (Fsp3) is 0.333. The van der Waals surface area contributed by atoms with Crippen LogP contribution in [0, 0.1) is 18.3 Å². The van der Waals surface area contributed by atoms with Gasteiger partial charge in [-0.2, -0.15) is 0 Å². The number of rotatable bonds is 4. The maximum atomic E-state index is 12.1. The van der Waals surface area contributed by atoms with E-state index in [1.165, 1.54) is 6.92 Å². The highest BCUT2D eigenvalue weighted by Crippen LogP contribution is 2.12. The molecule has 0 aliphatic rings. The minimum Gasteiger partial charge on any atom is -0.344 e. The fourth-order valence-corrected chi connectivity index (χ4v) is 1.66. The van der Waals surface area contributed by atoms with Crippen LogP contribution >= 0.6 is 0 Å². The van der Waals surface area contributed by atoms with Gasteiger partial charge in [-0.3, -0.25) is 9.59 Å². The number of terminal acetylenes is 1. The Bertz CT molecular complexity index is 515. The molecule has 0 unspecified atom stereocenters. The van der Waals surface area contributed by atoms with E-state index in [4.69, 9.17) is 6.42 Å². The molecule has 1 aromatic rings. The average molecular weight is 258 g/mol. The quantitative estimate of drug-likeness (QED) is 0.809. The number of hydrogen-bond acceptors (Lipinski definition) is 2. The van der Waals surface area contributed by atoms with Gasteiger partial charge in [0.2, 0.25) is 11.8 Å². The van der Waals surface area contributed by atoms with E-state index < -0.39 is 6.04 Å². The summed E-state index contributed by atoms with van der Waals surface area (Å²) in [6, 6.07) is 6.45. The van der Waals surface area contributed by atoms with Crippen LogP contribution in [0.5, 0.6) is 0 Å². The molecule has 0 saturated carbocycles. The Kier molecular flexibility index (Phi) is 5.13. The Morgan fingerprint density at radius 1 is 1.32 bits per heavy atom. The van der Waals surface area contributed by atoms with Crippen molar-refractivity contribution in [1.82, 2.24) is 5.32 Å². The van der Waals surface area contributed by atoms with Crippen LogP contribution in [-0.4, -0.2) is 17.9 Å². The molecule has 0 heterocycles. The molecule has 2 N–H and O–H groups in total. The van der Waals surface area contributed by atoms with Crippen LogP contribution in [0.15, 0.2) is 24.3 Å². The van der Waals surface area contributed by atoms with Gasteiger partial charge < -0.3 is 10.6 Å². The Morgan fingerprint density at radius 3 is 2.53 bits per heavy atom. The zero-order chi connectivity index (χ0) is 14.4. The van der Waals surface area contributed by atoms with E-state index in [-0.39, 0.29) is 17.7 Å². The maximum Gasteiger partial charge on any atom is 0.247 e. The molecule has 4 nitrogen and oxygen atoms in total. The second-order valence-electron chi connectivity index (χ2n) is 4.64. The van der Waals surface area contributed by atoms with E-state index in [0.29, 0.717) is 11.3 Å². The second-order valence-corrected chi connectivity index (χ2v) is 4.64. The summed E-state index contributed by atoms with van der Waals surface area (Å²) >= 11 is 0. The average Bonchev–Trinajstić information content (AvgIpc) is 2.35. The van der Waals surface area contributed by atoms with Gasteiger partial charge in [0.25, 0.3) is 0 Å². The molecule has 0 fully saturated rings. The molecule has 0 bridgehead atoms. The molecule has 0 aliphatic carbocycles. The zero-order valence-electron chi connectivity index (χ0n) is 11.4. The van der Waals surface area contributed by atoms with E-state index in [1.807, 2.05) is 13.8 Å². The molecule has 0 aromatic heterocycles. The standard InChI is InChI=1S/C15H18N2O2/c1-5-12-7-6-8-13(9-12)17-15(19)14(10(2)3)16-11(4)18/h1,6-10,14H,2-4H3,(H,16,18)(H,17,19)/t14-/m1/s1. The molecule has 1 atom stereocenters. The van der Waals surface area contributed by atoms with Crippen LogP contribution < -0.4 is 10.6 Å². The number of nitrogens with one attached hydrogen (secondary N) is 2. The van der Waals surface area contributed by atoms with Crippen molar-refractivity contribution >= 4 is 17.5 Å². The normalized spacial score (nSPS) is 11.5. The Labute approximate surface area is 113 Å². The smallest absolute Gasteiger partial charge is 0.247 e. The van der Waals surface area contributed by atoms with Crippen LogP contribution in [-0.2, 0) is 9.59 Å². The zero-order valence-corrected chi connectivity index (χ0v) is 11.4. The first-order valence-corrected chi connectivity index (χ1v) is 6.08. The van der Waals surface area contributed by atoms with Crippen LogP contribution in [0.4, 0.5) is 5.69 Å². The van der Waals surface area contributed by atoms with Crippen LogP contribution in [0.2, 0.25) is 0 Å². The van der Waals surface area contributed by atoms with Gasteiger partial charge in [0.1, 0.15) is 6.04 Å². The first-order chi connectivity index (χ1) is 8.93. The van der Waals surface area contributed by atoms with Crippen molar-refractivity contribution in [3.05, 3.63) is 29.8 Å². The van der Waals surface area contributed by atoms with Crippen molar-refractivity contribution < 1.29 is 9.59 Å². The number of hydrogen-bond donors (Lipinski definition) is 2. The summed E-state index contributed by atoms with van der Waals surface area (Å²) in [5, 5.41) is 5.39. The number of anilines is 1. The van der Waals surface area contributed by atoms with Crippen molar-refractivity contribution in [3.8, 4) is 12.3 Å². The summed E-state index contributed by atoms with van der Waals surface area (Å²) in [7, 11) is 0. The lowest BCUT2D eigenvalue weighted by Crippen LogP contribution is -2.46. The maximum absolute atomic E-state index is 12.1. The number of carbonyl (C=O) groups is 2. The van der Waals surface area contributed by atoms with E-state index in [0.717, 1.165) is 0 Å². The third-order valence-electron chi connectivity index (χ3n) is 2.60. The summed E-state index contributed by atoms with van der Waals surface area (Å²) in [5.41, 5.74) is 1.31. The summed E-state index contributed by atoms with van der Waals surface area (Å²) < 4.78 is 0. The Hall–Kier alpha value is -2.28. The van der Waals surface area contributed by atoms with Crippen molar-refractivity contribution in [2.45, 2.75) is 26.8 Å². The van der Waals surface area contributed by atoms with Crippen LogP contribution in [0.3, 0.4) is 0 Å². The highest BCUT2D eigenvalue weighted by atomic mass is 16.2. The molecule has 19 heavy (non-hydrogen) atoms. The fourth-order valence-electron chi connectivity index (χ4n) is 1.66. The minimum atomic E-state index is -0.563. The molecule has 2 amide bonds. The first-order valence-electron chi connectivity index (χ1n) is 6.08. The van der Waals surface area contributed by atoms with Crippen molar-refractivity contribution in [2.24, 2.45) is 5.92 Å². The molecule has 1 rings (SSSR count). The topological polar surface area (TPSA) is 58.2 Å². The molecule has 4 heteroatoms. The van der Waals surface area contributed by atoms with Crippen LogP contribution in [0.25, 0.3) is 0 Å². The van der Waals surface area contributed by atoms with Crippen molar-refractivity contribution in [1.29, 1.82) is 0 Å². The van der Waals surface area contributed by atoms with Gasteiger partial charge in [0.05, 0.1) is 0 Å². The van der Waals surface area contributed by atoms with Gasteiger partial charge >= 0.3 is 0 Å². The first kappa shape index (κ1) is 14.8. The SMILES string of the molecule is C#Cc1cccc(NC(=O)[C@H](NC(C)=O)C(C)C)c1. The van der Waals surface area contributed by atoms with Gasteiger partial charge in [0, 0.05) is 18.2 Å². The van der Waals surface area contributed by atoms with Gasteiger partial charge in [-0.05, 0) is 24.1 Å². The monoisotopic (exact) mass is 258 g/mol. The van der Waals surface area contributed by atoms with Gasteiger partial charge in [-0.15, -0.1) is 6.42 Å². The van der Waals surface area contributed by atoms with Gasteiger partial charge in [-0.25, -0.2) is 0 Å². The number of amides is 2. The van der Waals surface area contributed by atoms with Crippen LogP contribution in [0.1, 0.15) is 26.3 Å². The van der Waals surface area contributed by atoms with Crippen molar-refractivity contribution in [2.75, 3.05) is 5.32 Å². The molecule has 0 saturated heterocycles. The van der Waals surface area contributed by atoms with Gasteiger partial charge in [0.15, 0.2) is 0 Å². The summed E-state index contributed by atoms with van der Waals surface area (Å²) in [6.45, 7) is 5.14. The Balaban J connectivity index is 2.81. The number of carbonyl (C=O) groups excluding carboxylic acids is 2. The third kappa shape index (κ3) is 4.47. The highest BCUT2D eigenvalue weighted by Gasteiger charge is 2.22. The molecule has 0 aliphatic heterocycles. The lowest BCUT2D eigenvalue weighted by atomic mass is 10.0. The predicted molar refractivity (Wildman–Crippen MR) is 75.4 cm³/mol. The second kappa shape index (κ2) is 6.60. The number of benzene rings is 1. The minimum absolute atomic E-state index is 0.000263. The summed E-state index contributed by atoms with van der Waals surface area (Å²) in [6.07, 6.45) is 5.30. The largest absolute Gasteiger partial charge is 0.344 e. The molecular weight excluding hydrogens is 240 g/mol. The molecule has 100 valence electrons. The predicted octanol–water partition coefficient (Wildman–Crippen LogP) is 1.77. The van der Waals surface area contributed by atoms with E-state index in [2.05, 4.69) is 16.6 Å².